The van der Waals surface area contributed by atoms with Crippen molar-refractivity contribution >= 4 is 27.3 Å². The molecule has 0 saturated heterocycles. The first-order valence-electron chi connectivity index (χ1n) is 9.41. The summed E-state index contributed by atoms with van der Waals surface area (Å²) in [7, 11) is -4.07. The molecule has 156 valence electrons. The van der Waals surface area contributed by atoms with Gasteiger partial charge < -0.3 is 0 Å². The third-order valence-electron chi connectivity index (χ3n) is 4.27. The number of benzene rings is 2. The first kappa shape index (κ1) is 22.5. The normalized spacial score (nSPS) is 11.9. The number of anilines is 1. The molecular weight excluding hydrogens is 393 g/mol. The second-order valence-corrected chi connectivity index (χ2v) is 8.65. The molecule has 0 bridgehead atoms. The third-order valence-corrected chi connectivity index (χ3v) is 6.06. The molecule has 0 saturated carbocycles. The number of nitrogens with one attached hydrogen (secondary N) is 1. The number of nitrogens with zero attached hydrogens (tertiary/aromatic N) is 2. The van der Waals surface area contributed by atoms with Crippen LogP contribution in [-0.2, 0) is 14.8 Å². The Bertz CT molecular complexity index is 956. The second-order valence-electron chi connectivity index (χ2n) is 6.79. The van der Waals surface area contributed by atoms with Crippen molar-refractivity contribution in [3.8, 4) is 0 Å². The number of sulfonamides is 1. The van der Waals surface area contributed by atoms with Gasteiger partial charge in [0.25, 0.3) is 15.9 Å². The van der Waals surface area contributed by atoms with Crippen LogP contribution in [-0.4, -0.2) is 26.6 Å². The van der Waals surface area contributed by atoms with E-state index in [-0.39, 0.29) is 4.90 Å². The zero-order valence-electron chi connectivity index (χ0n) is 16.9. The lowest BCUT2D eigenvalue weighted by Gasteiger charge is -2.24. The van der Waals surface area contributed by atoms with Crippen molar-refractivity contribution in [3.63, 3.8) is 0 Å². The smallest absolute Gasteiger partial charge is 0.264 e. The fraction of sp³-hybridized carbons (Fsp3) is 0.333. The van der Waals surface area contributed by atoms with Crippen molar-refractivity contribution in [1.29, 1.82) is 0 Å². The molecule has 1 N–H and O–H groups in total. The molecule has 0 aliphatic carbocycles. The number of rotatable bonds is 9. The SMILES string of the molecule is CCCC/C(C)=N\NC(=O)CN(c1ccc(C)cc1)S(=O)(=O)c1ccc(F)cc1. The Hall–Kier alpha value is -2.74. The maximum absolute atomic E-state index is 13.2. The predicted octanol–water partition coefficient (Wildman–Crippen LogP) is 4.01. The summed E-state index contributed by atoms with van der Waals surface area (Å²) in [6, 6.07) is 11.3. The summed E-state index contributed by atoms with van der Waals surface area (Å²) in [4.78, 5) is 12.3. The highest BCUT2D eigenvalue weighted by molar-refractivity contribution is 7.92. The van der Waals surface area contributed by atoms with E-state index in [1.165, 1.54) is 12.1 Å². The van der Waals surface area contributed by atoms with Crippen LogP contribution in [0.15, 0.2) is 58.5 Å². The van der Waals surface area contributed by atoms with Crippen molar-refractivity contribution in [1.82, 2.24) is 5.43 Å². The fourth-order valence-corrected chi connectivity index (χ4v) is 3.99. The number of halogens is 1. The van der Waals surface area contributed by atoms with Gasteiger partial charge in [0.05, 0.1) is 10.6 Å². The molecule has 0 radical (unpaired) electrons. The quantitative estimate of drug-likeness (QED) is 0.493. The average Bonchev–Trinajstić information content (AvgIpc) is 2.70. The van der Waals surface area contributed by atoms with E-state index in [2.05, 4.69) is 17.5 Å². The van der Waals surface area contributed by atoms with Crippen molar-refractivity contribution in [2.24, 2.45) is 5.10 Å². The van der Waals surface area contributed by atoms with Crippen molar-refractivity contribution in [3.05, 3.63) is 59.9 Å². The third kappa shape index (κ3) is 6.39. The van der Waals surface area contributed by atoms with Crippen LogP contribution in [0.3, 0.4) is 0 Å². The van der Waals surface area contributed by atoms with Crippen LogP contribution in [0.2, 0.25) is 0 Å². The summed E-state index contributed by atoms with van der Waals surface area (Å²) in [5.74, 6) is -1.10. The molecule has 6 nitrogen and oxygen atoms in total. The summed E-state index contributed by atoms with van der Waals surface area (Å²) in [6.45, 7) is 5.30. The van der Waals surface area contributed by atoms with Gasteiger partial charge in [-0.25, -0.2) is 18.2 Å². The number of carbonyl (C=O) groups is 1. The van der Waals surface area contributed by atoms with Crippen molar-refractivity contribution in [2.45, 2.75) is 44.9 Å². The van der Waals surface area contributed by atoms with Crippen LogP contribution < -0.4 is 9.73 Å². The topological polar surface area (TPSA) is 78.8 Å². The lowest BCUT2D eigenvalue weighted by Crippen LogP contribution is -2.39. The minimum Gasteiger partial charge on any atom is -0.271 e. The van der Waals surface area contributed by atoms with Gasteiger partial charge in [-0.2, -0.15) is 5.10 Å². The maximum Gasteiger partial charge on any atom is 0.264 e. The van der Waals surface area contributed by atoms with Crippen LogP contribution in [0.25, 0.3) is 0 Å². The van der Waals surface area contributed by atoms with E-state index in [9.17, 15) is 17.6 Å². The summed E-state index contributed by atoms with van der Waals surface area (Å²) < 4.78 is 40.5. The van der Waals surface area contributed by atoms with Gasteiger partial charge in [-0.1, -0.05) is 31.0 Å². The van der Waals surface area contributed by atoms with Gasteiger partial charge in [-0.3, -0.25) is 9.10 Å². The Morgan fingerprint density at radius 1 is 1.10 bits per heavy atom. The average molecular weight is 420 g/mol. The second kappa shape index (κ2) is 10.2. The molecule has 2 rings (SSSR count). The molecule has 0 spiro atoms. The van der Waals surface area contributed by atoms with E-state index in [1.807, 2.05) is 13.8 Å². The Morgan fingerprint density at radius 3 is 2.31 bits per heavy atom. The molecule has 0 unspecified atom stereocenters. The molecule has 1 amide bonds. The lowest BCUT2D eigenvalue weighted by molar-refractivity contribution is -0.119. The van der Waals surface area contributed by atoms with Gasteiger partial charge >= 0.3 is 0 Å². The van der Waals surface area contributed by atoms with Crippen LogP contribution in [0, 0.1) is 12.7 Å². The minimum atomic E-state index is -4.07. The molecule has 8 heteroatoms. The number of aryl methyl sites for hydroxylation is 1. The minimum absolute atomic E-state index is 0.102. The van der Waals surface area contributed by atoms with Gasteiger partial charge in [0.15, 0.2) is 0 Å². The number of unbranched alkanes of at least 4 members (excludes halogenated alkanes) is 1. The van der Waals surface area contributed by atoms with Crippen LogP contribution in [0.5, 0.6) is 0 Å². The zero-order chi connectivity index (χ0) is 21.4. The lowest BCUT2D eigenvalue weighted by atomic mass is 10.2. The van der Waals surface area contributed by atoms with Crippen LogP contribution in [0.1, 0.15) is 38.7 Å². The summed E-state index contributed by atoms with van der Waals surface area (Å²) >= 11 is 0. The summed E-state index contributed by atoms with van der Waals surface area (Å²) in [5.41, 5.74) is 4.47. The molecule has 29 heavy (non-hydrogen) atoms. The Balaban J connectivity index is 2.29. The molecule has 0 fully saturated rings. The van der Waals surface area contributed by atoms with Gasteiger partial charge in [-0.05, 0) is 63.1 Å². The van der Waals surface area contributed by atoms with E-state index in [0.29, 0.717) is 5.69 Å². The highest BCUT2D eigenvalue weighted by Crippen LogP contribution is 2.24. The molecule has 0 aromatic heterocycles. The Morgan fingerprint density at radius 2 is 1.72 bits per heavy atom. The highest BCUT2D eigenvalue weighted by Gasteiger charge is 2.27. The van der Waals surface area contributed by atoms with E-state index >= 15 is 0 Å². The highest BCUT2D eigenvalue weighted by atomic mass is 32.2. The molecule has 2 aromatic rings. The van der Waals surface area contributed by atoms with E-state index in [1.54, 1.807) is 24.3 Å². The Kier molecular flexibility index (Phi) is 7.90. The van der Waals surface area contributed by atoms with Crippen LogP contribution >= 0.6 is 0 Å². The first-order chi connectivity index (χ1) is 13.7. The largest absolute Gasteiger partial charge is 0.271 e. The number of hydrazone groups is 1. The monoisotopic (exact) mass is 419 g/mol. The molecule has 0 aliphatic heterocycles. The maximum atomic E-state index is 13.2. The van der Waals surface area contributed by atoms with Gasteiger partial charge in [-0.15, -0.1) is 0 Å². The molecule has 0 atom stereocenters. The van der Waals surface area contributed by atoms with Crippen LogP contribution in [0.4, 0.5) is 10.1 Å². The first-order valence-corrected chi connectivity index (χ1v) is 10.8. The standard InChI is InChI=1S/C21H26FN3O3S/c1-4-5-6-17(3)23-24-21(26)15-25(19-11-7-16(2)8-12-19)29(27,28)20-13-9-18(22)10-14-20/h7-14H,4-6,15H2,1-3H3,(H,24,26)/b23-17-. The van der Waals surface area contributed by atoms with Gasteiger partial charge in [0.1, 0.15) is 12.4 Å². The predicted molar refractivity (Wildman–Crippen MR) is 113 cm³/mol. The number of carbonyl (C=O) groups excluding carboxylic acids is 1. The summed E-state index contributed by atoms with van der Waals surface area (Å²) in [5, 5.41) is 4.03. The molecule has 0 heterocycles. The molecular formula is C21H26FN3O3S. The van der Waals surface area contributed by atoms with Crippen molar-refractivity contribution < 1.29 is 17.6 Å². The molecule has 2 aromatic carbocycles. The van der Waals surface area contributed by atoms with Crippen molar-refractivity contribution in [2.75, 3.05) is 10.8 Å². The fourth-order valence-electron chi connectivity index (χ4n) is 2.57. The zero-order valence-corrected chi connectivity index (χ0v) is 17.7. The number of hydrogen-bond donors (Lipinski definition) is 1. The van der Waals surface area contributed by atoms with E-state index < -0.39 is 28.3 Å². The van der Waals surface area contributed by atoms with E-state index in [4.69, 9.17) is 0 Å². The van der Waals surface area contributed by atoms with E-state index in [0.717, 1.165) is 47.0 Å². The number of hydrogen-bond acceptors (Lipinski definition) is 4. The summed E-state index contributed by atoms with van der Waals surface area (Å²) in [6.07, 6.45) is 2.73. The molecule has 0 aliphatic rings. The van der Waals surface area contributed by atoms with Gasteiger partial charge in [0.2, 0.25) is 0 Å². The van der Waals surface area contributed by atoms with Gasteiger partial charge in [0, 0.05) is 5.71 Å². The Labute approximate surface area is 171 Å². The number of amides is 1.